The number of rotatable bonds is 10. The van der Waals surface area contributed by atoms with Gasteiger partial charge in [-0.1, -0.05) is 13.8 Å². The summed E-state index contributed by atoms with van der Waals surface area (Å²) in [6.45, 7) is 5.29. The zero-order chi connectivity index (χ0) is 11.5. The van der Waals surface area contributed by atoms with E-state index in [0.29, 0.717) is 6.04 Å². The fraction of sp³-hybridized carbons (Fsp3) is 1.00. The fourth-order valence-electron chi connectivity index (χ4n) is 1.33. The molecule has 4 heteroatoms. The number of nitrogens with one attached hydrogen (secondary N) is 1. The van der Waals surface area contributed by atoms with Crippen LogP contribution in [0.4, 0.5) is 0 Å². The van der Waals surface area contributed by atoms with Gasteiger partial charge < -0.3 is 15.2 Å². The van der Waals surface area contributed by atoms with Crippen molar-refractivity contribution in [1.82, 2.24) is 5.32 Å². The van der Waals surface area contributed by atoms with Gasteiger partial charge in [0, 0.05) is 25.8 Å². The van der Waals surface area contributed by atoms with Crippen molar-refractivity contribution in [2.75, 3.05) is 31.8 Å². The topological polar surface area (TPSA) is 41.5 Å². The predicted molar refractivity (Wildman–Crippen MR) is 67.6 cm³/mol. The van der Waals surface area contributed by atoms with Crippen molar-refractivity contribution in [3.05, 3.63) is 0 Å². The van der Waals surface area contributed by atoms with Crippen molar-refractivity contribution in [1.29, 1.82) is 0 Å². The Morgan fingerprint density at radius 2 is 2.07 bits per heavy atom. The molecule has 0 aromatic rings. The van der Waals surface area contributed by atoms with E-state index in [-0.39, 0.29) is 12.6 Å². The molecule has 1 atom stereocenters. The van der Waals surface area contributed by atoms with Crippen molar-refractivity contribution in [3.63, 3.8) is 0 Å². The number of aliphatic hydroxyl groups excluding tert-OH is 1. The third-order valence-electron chi connectivity index (χ3n) is 2.04. The Bertz CT molecular complexity index is 134. The van der Waals surface area contributed by atoms with Gasteiger partial charge in [0.25, 0.3) is 0 Å². The summed E-state index contributed by atoms with van der Waals surface area (Å²) in [5.74, 6) is 2.25. The highest BCUT2D eigenvalue weighted by molar-refractivity contribution is 7.99. The fourth-order valence-corrected chi connectivity index (χ4v) is 2.31. The monoisotopic (exact) mass is 235 g/mol. The summed E-state index contributed by atoms with van der Waals surface area (Å²) in [5.41, 5.74) is 0. The third kappa shape index (κ3) is 10.5. The molecule has 0 radical (unpaired) electrons. The number of hydrogen-bond acceptors (Lipinski definition) is 4. The summed E-state index contributed by atoms with van der Waals surface area (Å²) in [7, 11) is 1.74. The molecule has 0 rings (SSSR count). The van der Waals surface area contributed by atoms with Crippen LogP contribution < -0.4 is 5.32 Å². The standard InChI is InChI=1S/C11H25NO2S/c1-10(2)12-11(9-13)5-8-15-7-4-6-14-3/h10-13H,4-9H2,1-3H3. The summed E-state index contributed by atoms with van der Waals surface area (Å²) >= 11 is 1.93. The first-order valence-corrected chi connectivity index (χ1v) is 6.79. The Balaban J connectivity index is 3.30. The van der Waals surface area contributed by atoms with Crippen LogP contribution >= 0.6 is 11.8 Å². The molecule has 0 fully saturated rings. The Morgan fingerprint density at radius 1 is 1.33 bits per heavy atom. The molecular formula is C11H25NO2S. The lowest BCUT2D eigenvalue weighted by atomic mass is 10.2. The molecule has 0 aliphatic rings. The van der Waals surface area contributed by atoms with Gasteiger partial charge in [-0.2, -0.15) is 11.8 Å². The van der Waals surface area contributed by atoms with Crippen molar-refractivity contribution >= 4 is 11.8 Å². The third-order valence-corrected chi connectivity index (χ3v) is 3.14. The van der Waals surface area contributed by atoms with E-state index < -0.39 is 0 Å². The van der Waals surface area contributed by atoms with Crippen molar-refractivity contribution < 1.29 is 9.84 Å². The van der Waals surface area contributed by atoms with E-state index in [2.05, 4.69) is 19.2 Å². The Morgan fingerprint density at radius 3 is 2.60 bits per heavy atom. The van der Waals surface area contributed by atoms with Gasteiger partial charge in [-0.3, -0.25) is 0 Å². The average Bonchev–Trinajstić information content (AvgIpc) is 2.20. The van der Waals surface area contributed by atoms with Gasteiger partial charge in [0.2, 0.25) is 0 Å². The first-order chi connectivity index (χ1) is 7.20. The molecule has 0 aromatic heterocycles. The van der Waals surface area contributed by atoms with Crippen molar-refractivity contribution in [2.45, 2.75) is 38.8 Å². The number of aliphatic hydroxyl groups is 1. The minimum absolute atomic E-state index is 0.233. The zero-order valence-corrected chi connectivity index (χ0v) is 11.0. The molecule has 0 aromatic carbocycles. The minimum Gasteiger partial charge on any atom is -0.395 e. The predicted octanol–water partition coefficient (Wildman–Crippen LogP) is 1.51. The maximum Gasteiger partial charge on any atom is 0.0585 e. The van der Waals surface area contributed by atoms with Gasteiger partial charge in [0.05, 0.1) is 6.61 Å². The van der Waals surface area contributed by atoms with E-state index in [4.69, 9.17) is 9.84 Å². The molecule has 0 amide bonds. The highest BCUT2D eigenvalue weighted by Gasteiger charge is 2.07. The second-order valence-corrected chi connectivity index (χ2v) is 5.17. The van der Waals surface area contributed by atoms with E-state index in [1.807, 2.05) is 11.8 Å². The van der Waals surface area contributed by atoms with Gasteiger partial charge in [-0.25, -0.2) is 0 Å². The maximum absolute atomic E-state index is 9.12. The highest BCUT2D eigenvalue weighted by atomic mass is 32.2. The van der Waals surface area contributed by atoms with Crippen molar-refractivity contribution in [3.8, 4) is 0 Å². The van der Waals surface area contributed by atoms with Crippen LogP contribution in [0.3, 0.4) is 0 Å². The van der Waals surface area contributed by atoms with Crippen molar-refractivity contribution in [2.24, 2.45) is 0 Å². The molecule has 15 heavy (non-hydrogen) atoms. The number of methoxy groups -OCH3 is 1. The minimum atomic E-state index is 0.233. The smallest absolute Gasteiger partial charge is 0.0585 e. The molecule has 0 spiro atoms. The average molecular weight is 235 g/mol. The Labute approximate surface area is 98.0 Å². The largest absolute Gasteiger partial charge is 0.395 e. The summed E-state index contributed by atoms with van der Waals surface area (Å²) < 4.78 is 4.98. The van der Waals surface area contributed by atoms with E-state index >= 15 is 0 Å². The molecule has 2 N–H and O–H groups in total. The molecule has 0 saturated carbocycles. The molecule has 0 aliphatic heterocycles. The van der Waals surface area contributed by atoms with Crippen LogP contribution in [-0.2, 0) is 4.74 Å². The van der Waals surface area contributed by atoms with Crippen LogP contribution in [0.2, 0.25) is 0 Å². The SMILES string of the molecule is COCCCSCCC(CO)NC(C)C. The molecule has 0 saturated heterocycles. The van der Waals surface area contributed by atoms with Gasteiger partial charge in [0.15, 0.2) is 0 Å². The lowest BCUT2D eigenvalue weighted by molar-refractivity contribution is 0.200. The molecule has 1 unspecified atom stereocenters. The summed E-state index contributed by atoms with van der Waals surface area (Å²) in [6.07, 6.45) is 2.15. The van der Waals surface area contributed by atoms with Crippen LogP contribution in [0.1, 0.15) is 26.7 Å². The number of thioether (sulfide) groups is 1. The van der Waals surface area contributed by atoms with Gasteiger partial charge in [-0.15, -0.1) is 0 Å². The number of hydrogen-bond donors (Lipinski definition) is 2. The summed E-state index contributed by atoms with van der Waals surface area (Å²) in [5, 5.41) is 12.5. The molecule has 0 aliphatic carbocycles. The van der Waals surface area contributed by atoms with E-state index in [9.17, 15) is 0 Å². The summed E-state index contributed by atoms with van der Waals surface area (Å²) in [4.78, 5) is 0. The van der Waals surface area contributed by atoms with Gasteiger partial charge in [0.1, 0.15) is 0 Å². The second kappa shape index (κ2) is 10.7. The molecular weight excluding hydrogens is 210 g/mol. The Hall–Kier alpha value is 0.230. The molecule has 92 valence electrons. The first kappa shape index (κ1) is 15.2. The lowest BCUT2D eigenvalue weighted by Gasteiger charge is -2.18. The lowest BCUT2D eigenvalue weighted by Crippen LogP contribution is -2.37. The highest BCUT2D eigenvalue weighted by Crippen LogP contribution is 2.07. The zero-order valence-electron chi connectivity index (χ0n) is 10.2. The first-order valence-electron chi connectivity index (χ1n) is 5.64. The number of ether oxygens (including phenoxy) is 1. The van der Waals surface area contributed by atoms with E-state index in [0.717, 1.165) is 31.0 Å². The maximum atomic E-state index is 9.12. The van der Waals surface area contributed by atoms with Gasteiger partial charge >= 0.3 is 0 Å². The normalized spacial score (nSPS) is 13.4. The van der Waals surface area contributed by atoms with E-state index in [1.165, 1.54) is 0 Å². The Kier molecular flexibility index (Phi) is 10.9. The van der Waals surface area contributed by atoms with Crippen LogP contribution in [0.25, 0.3) is 0 Å². The molecule has 0 bridgehead atoms. The van der Waals surface area contributed by atoms with Crippen LogP contribution in [0.15, 0.2) is 0 Å². The molecule has 3 nitrogen and oxygen atoms in total. The summed E-state index contributed by atoms with van der Waals surface area (Å²) in [6, 6.07) is 0.695. The van der Waals surface area contributed by atoms with Gasteiger partial charge in [-0.05, 0) is 24.3 Å². The molecule has 0 heterocycles. The van der Waals surface area contributed by atoms with Crippen LogP contribution in [0.5, 0.6) is 0 Å². The quantitative estimate of drug-likeness (QED) is 0.563. The van der Waals surface area contributed by atoms with Crippen LogP contribution in [0, 0.1) is 0 Å². The van der Waals surface area contributed by atoms with Crippen LogP contribution in [-0.4, -0.2) is 49.0 Å². The second-order valence-electron chi connectivity index (χ2n) is 3.95. The van der Waals surface area contributed by atoms with E-state index in [1.54, 1.807) is 7.11 Å².